The molecule has 1 aliphatic rings. The molecule has 0 radical (unpaired) electrons. The van der Waals surface area contributed by atoms with Crippen LogP contribution in [0.5, 0.6) is 5.88 Å². The number of ether oxygens (including phenoxy) is 1. The van der Waals surface area contributed by atoms with Crippen molar-refractivity contribution in [2.45, 2.75) is 45.8 Å². The maximum Gasteiger partial charge on any atom is 0.496 e. The van der Waals surface area contributed by atoms with Gasteiger partial charge in [0.1, 0.15) is 0 Å². The van der Waals surface area contributed by atoms with E-state index in [0.717, 1.165) is 0 Å². The van der Waals surface area contributed by atoms with Gasteiger partial charge in [-0.1, -0.05) is 0 Å². The molecule has 0 unspecified atom stereocenters. The molecule has 2 heterocycles. The van der Waals surface area contributed by atoms with Gasteiger partial charge in [0.05, 0.1) is 22.7 Å². The zero-order valence-corrected chi connectivity index (χ0v) is 12.9. The molecule has 0 atom stereocenters. The van der Waals surface area contributed by atoms with Crippen molar-refractivity contribution >= 4 is 18.3 Å². The summed E-state index contributed by atoms with van der Waals surface area (Å²) in [6, 6.07) is 1.39. The number of nitro groups is 1. The third-order valence-electron chi connectivity index (χ3n) is 3.86. The summed E-state index contributed by atoms with van der Waals surface area (Å²) in [5, 5.41) is 11.1. The summed E-state index contributed by atoms with van der Waals surface area (Å²) in [6.45, 7) is 9.73. The minimum absolute atomic E-state index is 0.00256. The lowest BCUT2D eigenvalue weighted by molar-refractivity contribution is -0.386. The van der Waals surface area contributed by atoms with E-state index in [4.69, 9.17) is 14.0 Å². The van der Waals surface area contributed by atoms with Crippen LogP contribution >= 0.6 is 0 Å². The molecule has 1 aromatic rings. The Morgan fingerprint density at radius 1 is 1.33 bits per heavy atom. The fourth-order valence-corrected chi connectivity index (χ4v) is 1.94. The molecule has 21 heavy (non-hydrogen) atoms. The second kappa shape index (κ2) is 5.27. The lowest BCUT2D eigenvalue weighted by atomic mass is 9.80. The average Bonchev–Trinajstić information content (AvgIpc) is 2.59. The van der Waals surface area contributed by atoms with E-state index in [-0.39, 0.29) is 11.6 Å². The normalized spacial score (nSPS) is 19.6. The molecule has 0 spiro atoms. The van der Waals surface area contributed by atoms with Gasteiger partial charge in [-0.3, -0.25) is 10.1 Å². The summed E-state index contributed by atoms with van der Waals surface area (Å²) in [7, 11) is -0.683. The molecular weight excluding hydrogens is 275 g/mol. The SMILES string of the molecule is CCOc1ncc(B2OC(C)(C)C(C)(C)O2)cc1[N+](=O)[O-]. The van der Waals surface area contributed by atoms with Crippen LogP contribution < -0.4 is 10.2 Å². The molecular formula is C13H19BN2O5. The van der Waals surface area contributed by atoms with E-state index in [1.807, 2.05) is 27.7 Å². The van der Waals surface area contributed by atoms with Gasteiger partial charge in [-0.15, -0.1) is 0 Å². The van der Waals surface area contributed by atoms with Crippen molar-refractivity contribution in [2.24, 2.45) is 0 Å². The molecule has 114 valence electrons. The van der Waals surface area contributed by atoms with E-state index in [9.17, 15) is 10.1 Å². The van der Waals surface area contributed by atoms with Gasteiger partial charge in [0, 0.05) is 17.7 Å². The minimum atomic E-state index is -0.683. The van der Waals surface area contributed by atoms with E-state index in [2.05, 4.69) is 4.98 Å². The molecule has 8 heteroatoms. The largest absolute Gasteiger partial charge is 0.496 e. The van der Waals surface area contributed by atoms with Gasteiger partial charge < -0.3 is 14.0 Å². The Hall–Kier alpha value is -1.67. The first-order valence-corrected chi connectivity index (χ1v) is 6.80. The molecule has 7 nitrogen and oxygen atoms in total. The molecule has 0 saturated carbocycles. The van der Waals surface area contributed by atoms with Crippen LogP contribution in [-0.4, -0.2) is 34.8 Å². The third kappa shape index (κ3) is 2.86. The zero-order chi connectivity index (χ0) is 15.8. The molecule has 0 amide bonds. The first-order valence-electron chi connectivity index (χ1n) is 6.80. The summed E-state index contributed by atoms with van der Waals surface area (Å²) in [6.07, 6.45) is 1.49. The topological polar surface area (TPSA) is 83.7 Å². The molecule has 1 fully saturated rings. The highest BCUT2D eigenvalue weighted by Gasteiger charge is 2.52. The monoisotopic (exact) mass is 294 g/mol. The third-order valence-corrected chi connectivity index (χ3v) is 3.86. The molecule has 0 aliphatic carbocycles. The summed E-state index contributed by atoms with van der Waals surface area (Å²) in [5.74, 6) is 0.00256. The van der Waals surface area contributed by atoms with Gasteiger partial charge in [0.15, 0.2) is 0 Å². The standard InChI is InChI=1S/C13H19BN2O5/c1-6-19-11-10(16(17)18)7-9(8-15-11)14-20-12(2,3)13(4,5)21-14/h7-8H,6H2,1-5H3. The maximum absolute atomic E-state index is 11.1. The van der Waals surface area contributed by atoms with Crippen molar-refractivity contribution in [3.63, 3.8) is 0 Å². The number of nitrogens with zero attached hydrogens (tertiary/aromatic N) is 2. The van der Waals surface area contributed by atoms with E-state index < -0.39 is 23.2 Å². The van der Waals surface area contributed by atoms with Crippen LogP contribution in [-0.2, 0) is 9.31 Å². The molecule has 0 bridgehead atoms. The smallest absolute Gasteiger partial charge is 0.473 e. The Morgan fingerprint density at radius 3 is 2.38 bits per heavy atom. The second-order valence-corrected chi connectivity index (χ2v) is 5.87. The molecule has 0 N–H and O–H groups in total. The summed E-state index contributed by atoms with van der Waals surface area (Å²) < 4.78 is 16.9. The highest BCUT2D eigenvalue weighted by atomic mass is 16.7. The Labute approximate surface area is 123 Å². The quantitative estimate of drug-likeness (QED) is 0.477. The van der Waals surface area contributed by atoms with Crippen LogP contribution in [0, 0.1) is 10.1 Å². The molecule has 1 aromatic heterocycles. The van der Waals surface area contributed by atoms with Crippen molar-refractivity contribution in [2.75, 3.05) is 6.61 Å². The Bertz CT molecular complexity index is 545. The average molecular weight is 294 g/mol. The predicted octanol–water partition coefficient (Wildman–Crippen LogP) is 1.69. The van der Waals surface area contributed by atoms with Crippen LogP contribution in [0.1, 0.15) is 34.6 Å². The van der Waals surface area contributed by atoms with Crippen LogP contribution in [0.3, 0.4) is 0 Å². The van der Waals surface area contributed by atoms with Gasteiger partial charge in [-0.2, -0.15) is 0 Å². The summed E-state index contributed by atoms with van der Waals surface area (Å²) in [4.78, 5) is 14.6. The first kappa shape index (κ1) is 15.7. The van der Waals surface area contributed by atoms with Crippen molar-refractivity contribution < 1.29 is 19.0 Å². The van der Waals surface area contributed by atoms with Crippen molar-refractivity contribution in [3.8, 4) is 5.88 Å². The van der Waals surface area contributed by atoms with Crippen molar-refractivity contribution in [3.05, 3.63) is 22.4 Å². The van der Waals surface area contributed by atoms with Gasteiger partial charge in [-0.25, -0.2) is 4.98 Å². The zero-order valence-electron chi connectivity index (χ0n) is 12.9. The van der Waals surface area contributed by atoms with E-state index in [1.54, 1.807) is 6.92 Å². The van der Waals surface area contributed by atoms with Crippen LogP contribution in [0.4, 0.5) is 5.69 Å². The van der Waals surface area contributed by atoms with E-state index >= 15 is 0 Å². The van der Waals surface area contributed by atoms with Gasteiger partial charge >= 0.3 is 12.8 Å². The number of pyridine rings is 1. The number of aromatic nitrogens is 1. The van der Waals surface area contributed by atoms with E-state index in [1.165, 1.54) is 12.3 Å². The molecule has 0 aromatic carbocycles. The van der Waals surface area contributed by atoms with Gasteiger partial charge in [0.2, 0.25) is 0 Å². The van der Waals surface area contributed by atoms with Crippen molar-refractivity contribution in [1.29, 1.82) is 0 Å². The van der Waals surface area contributed by atoms with Crippen LogP contribution in [0.25, 0.3) is 0 Å². The molecule has 2 rings (SSSR count). The maximum atomic E-state index is 11.1. The minimum Gasteiger partial charge on any atom is -0.473 e. The van der Waals surface area contributed by atoms with E-state index in [0.29, 0.717) is 12.1 Å². The predicted molar refractivity (Wildman–Crippen MR) is 77.8 cm³/mol. The molecule has 1 saturated heterocycles. The fraction of sp³-hybridized carbons (Fsp3) is 0.615. The Morgan fingerprint density at radius 2 is 1.90 bits per heavy atom. The Kier molecular flexibility index (Phi) is 3.94. The highest BCUT2D eigenvalue weighted by molar-refractivity contribution is 6.62. The first-order chi connectivity index (χ1) is 9.68. The summed E-state index contributed by atoms with van der Waals surface area (Å²) in [5.41, 5.74) is -0.705. The molecule has 1 aliphatic heterocycles. The summed E-state index contributed by atoms with van der Waals surface area (Å²) >= 11 is 0. The number of hydrogen-bond acceptors (Lipinski definition) is 6. The number of hydrogen-bond donors (Lipinski definition) is 0. The van der Waals surface area contributed by atoms with Crippen LogP contribution in [0.2, 0.25) is 0 Å². The lowest BCUT2D eigenvalue weighted by Gasteiger charge is -2.32. The van der Waals surface area contributed by atoms with Gasteiger partial charge in [-0.05, 0) is 34.6 Å². The van der Waals surface area contributed by atoms with Crippen LogP contribution in [0.15, 0.2) is 12.3 Å². The van der Waals surface area contributed by atoms with Gasteiger partial charge in [0.25, 0.3) is 5.88 Å². The highest BCUT2D eigenvalue weighted by Crippen LogP contribution is 2.36. The second-order valence-electron chi connectivity index (χ2n) is 5.87. The fourth-order valence-electron chi connectivity index (χ4n) is 1.94. The number of rotatable bonds is 4. The van der Waals surface area contributed by atoms with Crippen molar-refractivity contribution in [1.82, 2.24) is 4.98 Å². The lowest BCUT2D eigenvalue weighted by Crippen LogP contribution is -2.41. The Balaban J connectivity index is 2.34.